The molecule has 0 aliphatic carbocycles. The van der Waals surface area contributed by atoms with Gasteiger partial charge < -0.3 is 16.0 Å². The maximum atomic E-state index is 12.1. The Morgan fingerprint density at radius 2 is 1.88 bits per heavy atom. The van der Waals surface area contributed by atoms with Crippen molar-refractivity contribution in [3.63, 3.8) is 0 Å². The lowest BCUT2D eigenvalue weighted by molar-refractivity contribution is -0.131. The number of rotatable bonds is 3. The van der Waals surface area contributed by atoms with Crippen molar-refractivity contribution in [3.8, 4) is 0 Å². The van der Waals surface area contributed by atoms with Gasteiger partial charge in [-0.25, -0.2) is 0 Å². The molecule has 0 aromatic heterocycles. The van der Waals surface area contributed by atoms with E-state index in [0.717, 1.165) is 37.3 Å². The second kappa shape index (κ2) is 5.80. The third kappa shape index (κ3) is 3.05. The smallest absolute Gasteiger partial charge is 0.227 e. The van der Waals surface area contributed by atoms with Gasteiger partial charge in [0, 0.05) is 32.7 Å². The van der Waals surface area contributed by atoms with Crippen LogP contribution in [0, 0.1) is 0 Å². The summed E-state index contributed by atoms with van der Waals surface area (Å²) in [5, 5.41) is 3.24. The highest BCUT2D eigenvalue weighted by Crippen LogP contribution is 2.10. The van der Waals surface area contributed by atoms with Gasteiger partial charge in [0.2, 0.25) is 5.91 Å². The third-order valence-corrected chi connectivity index (χ3v) is 3.15. The van der Waals surface area contributed by atoms with E-state index in [4.69, 9.17) is 5.73 Å². The molecule has 17 heavy (non-hydrogen) atoms. The summed E-state index contributed by atoms with van der Waals surface area (Å²) in [5.41, 5.74) is 7.79. The van der Waals surface area contributed by atoms with E-state index in [0.29, 0.717) is 13.0 Å². The highest BCUT2D eigenvalue weighted by Gasteiger charge is 2.17. The van der Waals surface area contributed by atoms with Crippen molar-refractivity contribution < 1.29 is 4.79 Å². The molecule has 1 saturated heterocycles. The molecule has 0 atom stereocenters. The molecule has 1 fully saturated rings. The van der Waals surface area contributed by atoms with Crippen LogP contribution in [-0.4, -0.2) is 37.0 Å². The summed E-state index contributed by atoms with van der Waals surface area (Å²) in [5.74, 6) is 0.201. The van der Waals surface area contributed by atoms with E-state index in [9.17, 15) is 4.79 Å². The van der Waals surface area contributed by atoms with Crippen LogP contribution in [0.25, 0.3) is 0 Å². The van der Waals surface area contributed by atoms with Gasteiger partial charge in [0.05, 0.1) is 6.42 Å². The Morgan fingerprint density at radius 1 is 1.24 bits per heavy atom. The fourth-order valence-corrected chi connectivity index (χ4v) is 2.12. The summed E-state index contributed by atoms with van der Waals surface area (Å²) >= 11 is 0. The summed E-state index contributed by atoms with van der Waals surface area (Å²) in [6.45, 7) is 3.90. The van der Waals surface area contributed by atoms with Gasteiger partial charge in [0.15, 0.2) is 0 Å². The normalized spacial score (nSPS) is 15.9. The number of nitrogens with two attached hydrogens (primary N) is 1. The van der Waals surface area contributed by atoms with Crippen LogP contribution in [-0.2, 0) is 17.8 Å². The van der Waals surface area contributed by atoms with Crippen LogP contribution in [0.5, 0.6) is 0 Å². The minimum Gasteiger partial charge on any atom is -0.340 e. The second-order valence-electron chi connectivity index (χ2n) is 4.28. The predicted octanol–water partition coefficient (Wildman–Crippen LogP) is 0.120. The molecule has 3 N–H and O–H groups in total. The fourth-order valence-electron chi connectivity index (χ4n) is 2.12. The molecule has 1 aliphatic rings. The lowest BCUT2D eigenvalue weighted by Crippen LogP contribution is -2.47. The number of piperazine rings is 1. The number of nitrogens with one attached hydrogen (secondary N) is 1. The van der Waals surface area contributed by atoms with E-state index in [2.05, 4.69) is 5.32 Å². The van der Waals surface area contributed by atoms with Crippen LogP contribution < -0.4 is 11.1 Å². The van der Waals surface area contributed by atoms with Crippen molar-refractivity contribution in [1.82, 2.24) is 10.2 Å². The summed E-state index contributed by atoms with van der Waals surface area (Å²) in [4.78, 5) is 14.0. The summed E-state index contributed by atoms with van der Waals surface area (Å²) in [6.07, 6.45) is 0.466. The maximum Gasteiger partial charge on any atom is 0.227 e. The van der Waals surface area contributed by atoms with Crippen LogP contribution in [0.15, 0.2) is 24.3 Å². The van der Waals surface area contributed by atoms with Crippen LogP contribution in [0.3, 0.4) is 0 Å². The first-order valence-electron chi connectivity index (χ1n) is 6.06. The average Bonchev–Trinajstić information content (AvgIpc) is 2.40. The molecule has 2 rings (SSSR count). The van der Waals surface area contributed by atoms with Gasteiger partial charge in [0.1, 0.15) is 0 Å². The van der Waals surface area contributed by atoms with E-state index in [1.165, 1.54) is 0 Å². The average molecular weight is 233 g/mol. The van der Waals surface area contributed by atoms with Crippen molar-refractivity contribution >= 4 is 5.91 Å². The maximum absolute atomic E-state index is 12.1. The zero-order valence-electron chi connectivity index (χ0n) is 9.98. The molecule has 92 valence electrons. The minimum atomic E-state index is 0.201. The Morgan fingerprint density at radius 3 is 2.53 bits per heavy atom. The summed E-state index contributed by atoms with van der Waals surface area (Å²) in [6, 6.07) is 7.89. The predicted molar refractivity (Wildman–Crippen MR) is 67.5 cm³/mol. The second-order valence-corrected chi connectivity index (χ2v) is 4.28. The number of nitrogens with zero attached hydrogens (tertiary/aromatic N) is 1. The standard InChI is InChI=1S/C13H19N3O/c14-10-12-4-2-1-3-11(12)9-13(17)16-7-5-15-6-8-16/h1-4,15H,5-10,14H2. The fraction of sp³-hybridized carbons (Fsp3) is 0.462. The van der Waals surface area contributed by atoms with Gasteiger partial charge in [-0.1, -0.05) is 24.3 Å². The molecule has 1 aromatic rings. The molecule has 0 bridgehead atoms. The summed E-state index contributed by atoms with van der Waals surface area (Å²) < 4.78 is 0. The quantitative estimate of drug-likeness (QED) is 0.779. The van der Waals surface area contributed by atoms with Crippen molar-refractivity contribution in [2.45, 2.75) is 13.0 Å². The molecule has 1 aliphatic heterocycles. The Balaban J connectivity index is 2.01. The molecule has 4 heteroatoms. The molecular formula is C13H19N3O. The first-order valence-corrected chi connectivity index (χ1v) is 6.06. The molecule has 0 spiro atoms. The molecule has 0 saturated carbocycles. The van der Waals surface area contributed by atoms with Crippen LogP contribution in [0.2, 0.25) is 0 Å². The number of benzene rings is 1. The number of carbonyl (C=O) groups excluding carboxylic acids is 1. The molecule has 1 amide bonds. The summed E-state index contributed by atoms with van der Waals surface area (Å²) in [7, 11) is 0. The van der Waals surface area contributed by atoms with E-state index in [-0.39, 0.29) is 5.91 Å². The Hall–Kier alpha value is -1.39. The lowest BCUT2D eigenvalue weighted by atomic mass is 10.0. The molecule has 4 nitrogen and oxygen atoms in total. The minimum absolute atomic E-state index is 0.201. The third-order valence-electron chi connectivity index (χ3n) is 3.15. The highest BCUT2D eigenvalue weighted by molar-refractivity contribution is 5.79. The highest BCUT2D eigenvalue weighted by atomic mass is 16.2. The van der Waals surface area contributed by atoms with Gasteiger partial charge in [-0.05, 0) is 11.1 Å². The van der Waals surface area contributed by atoms with Gasteiger partial charge in [-0.3, -0.25) is 4.79 Å². The lowest BCUT2D eigenvalue weighted by Gasteiger charge is -2.27. The Bertz CT molecular complexity index is 386. The number of carbonyl (C=O) groups is 1. The van der Waals surface area contributed by atoms with Crippen LogP contribution >= 0.6 is 0 Å². The van der Waals surface area contributed by atoms with Crippen molar-refractivity contribution in [1.29, 1.82) is 0 Å². The monoisotopic (exact) mass is 233 g/mol. The van der Waals surface area contributed by atoms with Gasteiger partial charge >= 0.3 is 0 Å². The van der Waals surface area contributed by atoms with Gasteiger partial charge in [-0.2, -0.15) is 0 Å². The van der Waals surface area contributed by atoms with Crippen LogP contribution in [0.4, 0.5) is 0 Å². The topological polar surface area (TPSA) is 58.4 Å². The number of amides is 1. The van der Waals surface area contributed by atoms with Gasteiger partial charge in [-0.15, -0.1) is 0 Å². The van der Waals surface area contributed by atoms with E-state index in [1.54, 1.807) is 0 Å². The van der Waals surface area contributed by atoms with Crippen molar-refractivity contribution in [3.05, 3.63) is 35.4 Å². The number of hydrogen-bond acceptors (Lipinski definition) is 3. The van der Waals surface area contributed by atoms with Gasteiger partial charge in [0.25, 0.3) is 0 Å². The van der Waals surface area contributed by atoms with E-state index >= 15 is 0 Å². The molecule has 1 heterocycles. The Labute approximate surface area is 102 Å². The molecule has 1 aromatic carbocycles. The van der Waals surface area contributed by atoms with Crippen LogP contribution in [0.1, 0.15) is 11.1 Å². The first kappa shape index (κ1) is 12.1. The molecular weight excluding hydrogens is 214 g/mol. The zero-order valence-corrected chi connectivity index (χ0v) is 9.98. The SMILES string of the molecule is NCc1ccccc1CC(=O)N1CCNCC1. The number of hydrogen-bond donors (Lipinski definition) is 2. The van der Waals surface area contributed by atoms with Crippen molar-refractivity contribution in [2.75, 3.05) is 26.2 Å². The van der Waals surface area contributed by atoms with E-state index < -0.39 is 0 Å². The first-order chi connectivity index (χ1) is 8.31. The zero-order chi connectivity index (χ0) is 12.1. The van der Waals surface area contributed by atoms with E-state index in [1.807, 2.05) is 29.2 Å². The largest absolute Gasteiger partial charge is 0.340 e. The molecule has 0 radical (unpaired) electrons. The molecule has 0 unspecified atom stereocenters. The Kier molecular flexibility index (Phi) is 4.12. The van der Waals surface area contributed by atoms with Crippen molar-refractivity contribution in [2.24, 2.45) is 5.73 Å².